The Bertz CT molecular complexity index is 693. The van der Waals surface area contributed by atoms with Gasteiger partial charge < -0.3 is 5.11 Å². The van der Waals surface area contributed by atoms with E-state index in [9.17, 15) is 5.11 Å². The fourth-order valence-electron chi connectivity index (χ4n) is 1.63. The summed E-state index contributed by atoms with van der Waals surface area (Å²) in [6.45, 7) is 0. The summed E-state index contributed by atoms with van der Waals surface area (Å²) >= 11 is 5.88. The minimum Gasteiger partial charge on any atom is -0.506 e. The van der Waals surface area contributed by atoms with Gasteiger partial charge in [-0.15, -0.1) is 15.0 Å². The molecule has 2 aromatic carbocycles. The highest BCUT2D eigenvalue weighted by Crippen LogP contribution is 2.22. The van der Waals surface area contributed by atoms with Crippen LogP contribution in [-0.4, -0.2) is 20.1 Å². The van der Waals surface area contributed by atoms with Crippen LogP contribution in [0.25, 0.3) is 16.7 Å². The molecular formula is C12H8ClN3O. The Morgan fingerprint density at radius 3 is 2.59 bits per heavy atom. The van der Waals surface area contributed by atoms with Crippen molar-refractivity contribution in [1.29, 1.82) is 0 Å². The number of halogens is 1. The number of phenols is 1. The number of aromatic hydroxyl groups is 1. The number of hydrogen-bond acceptors (Lipinski definition) is 3. The molecule has 0 atom stereocenters. The van der Waals surface area contributed by atoms with E-state index < -0.39 is 0 Å². The summed E-state index contributed by atoms with van der Waals surface area (Å²) in [4.78, 5) is 1.40. The fraction of sp³-hybridized carbons (Fsp3) is 0. The number of hydrogen-bond donors (Lipinski definition) is 1. The van der Waals surface area contributed by atoms with Gasteiger partial charge in [0, 0.05) is 5.02 Å². The minimum atomic E-state index is 0.138. The second-order valence-corrected chi connectivity index (χ2v) is 4.05. The molecule has 1 N–H and O–H groups in total. The second-order valence-electron chi connectivity index (χ2n) is 3.61. The third-order valence-electron chi connectivity index (χ3n) is 2.44. The van der Waals surface area contributed by atoms with E-state index in [2.05, 4.69) is 10.2 Å². The Hall–Kier alpha value is -2.07. The van der Waals surface area contributed by atoms with Gasteiger partial charge in [-0.05, 0) is 30.3 Å². The van der Waals surface area contributed by atoms with Crippen molar-refractivity contribution in [3.63, 3.8) is 0 Å². The standard InChI is InChI=1S/C12H8ClN3O/c13-8-5-6-9-10(7-8)15-16(14-9)11-3-1-2-4-12(11)17/h1-7,17H. The second kappa shape index (κ2) is 3.75. The zero-order chi connectivity index (χ0) is 11.8. The summed E-state index contributed by atoms with van der Waals surface area (Å²) in [5.74, 6) is 0.138. The third kappa shape index (κ3) is 1.72. The molecule has 0 saturated carbocycles. The van der Waals surface area contributed by atoms with Gasteiger partial charge in [-0.25, -0.2) is 0 Å². The molecule has 4 nitrogen and oxygen atoms in total. The van der Waals surface area contributed by atoms with Gasteiger partial charge in [-0.2, -0.15) is 0 Å². The summed E-state index contributed by atoms with van der Waals surface area (Å²) in [5, 5.41) is 18.9. The topological polar surface area (TPSA) is 50.9 Å². The SMILES string of the molecule is Oc1ccccc1-n1nc2ccc(Cl)cc2n1. The minimum absolute atomic E-state index is 0.138. The molecule has 1 aromatic heterocycles. The van der Waals surface area contributed by atoms with Crippen molar-refractivity contribution in [1.82, 2.24) is 15.0 Å². The molecule has 0 radical (unpaired) electrons. The molecule has 0 unspecified atom stereocenters. The molecule has 0 fully saturated rings. The maximum absolute atomic E-state index is 9.72. The number of aromatic nitrogens is 3. The number of para-hydroxylation sites is 2. The zero-order valence-corrected chi connectivity index (χ0v) is 9.46. The molecule has 0 spiro atoms. The lowest BCUT2D eigenvalue weighted by molar-refractivity contribution is 0.468. The molecule has 1 heterocycles. The molecule has 0 aliphatic carbocycles. The Morgan fingerprint density at radius 1 is 1.00 bits per heavy atom. The average Bonchev–Trinajstić information content (AvgIpc) is 2.72. The first kappa shape index (κ1) is 10.1. The number of benzene rings is 2. The molecule has 0 saturated heterocycles. The lowest BCUT2D eigenvalue weighted by atomic mass is 10.3. The maximum atomic E-state index is 9.72. The van der Waals surface area contributed by atoms with Crippen LogP contribution in [0.4, 0.5) is 0 Å². The van der Waals surface area contributed by atoms with Gasteiger partial charge in [0.15, 0.2) is 0 Å². The number of rotatable bonds is 1. The highest BCUT2D eigenvalue weighted by atomic mass is 35.5. The van der Waals surface area contributed by atoms with Crippen LogP contribution < -0.4 is 0 Å². The van der Waals surface area contributed by atoms with E-state index in [0.29, 0.717) is 16.2 Å². The number of fused-ring (bicyclic) bond motifs is 1. The number of nitrogens with zero attached hydrogens (tertiary/aromatic N) is 3. The Morgan fingerprint density at radius 2 is 1.76 bits per heavy atom. The Kier molecular flexibility index (Phi) is 2.23. The Balaban J connectivity index is 2.22. The maximum Gasteiger partial charge on any atom is 0.143 e. The van der Waals surface area contributed by atoms with Crippen LogP contribution in [0.2, 0.25) is 5.02 Å². The van der Waals surface area contributed by atoms with Crippen LogP contribution in [-0.2, 0) is 0 Å². The molecule has 0 aliphatic rings. The van der Waals surface area contributed by atoms with Crippen molar-refractivity contribution in [2.75, 3.05) is 0 Å². The first-order valence-electron chi connectivity index (χ1n) is 5.05. The van der Waals surface area contributed by atoms with Gasteiger partial charge >= 0.3 is 0 Å². The van der Waals surface area contributed by atoms with Gasteiger partial charge in [0.2, 0.25) is 0 Å². The molecule has 5 heteroatoms. The van der Waals surface area contributed by atoms with Gasteiger partial charge in [-0.3, -0.25) is 0 Å². The lowest BCUT2D eigenvalue weighted by Crippen LogP contribution is -1.98. The number of phenolic OH excluding ortho intramolecular Hbond substituents is 1. The predicted octanol–water partition coefficient (Wildman–Crippen LogP) is 2.78. The summed E-state index contributed by atoms with van der Waals surface area (Å²) in [5.41, 5.74) is 1.97. The average molecular weight is 246 g/mol. The third-order valence-corrected chi connectivity index (χ3v) is 2.67. The van der Waals surface area contributed by atoms with E-state index in [1.165, 1.54) is 4.80 Å². The van der Waals surface area contributed by atoms with E-state index in [1.54, 1.807) is 36.4 Å². The normalized spacial score (nSPS) is 10.9. The molecule has 3 rings (SSSR count). The van der Waals surface area contributed by atoms with Crippen LogP contribution in [0.5, 0.6) is 5.75 Å². The lowest BCUT2D eigenvalue weighted by Gasteiger charge is -2.00. The summed E-state index contributed by atoms with van der Waals surface area (Å²) < 4.78 is 0. The van der Waals surface area contributed by atoms with Crippen molar-refractivity contribution in [2.45, 2.75) is 0 Å². The first-order chi connectivity index (χ1) is 8.24. The van der Waals surface area contributed by atoms with Crippen molar-refractivity contribution >= 4 is 22.6 Å². The monoisotopic (exact) mass is 245 g/mol. The van der Waals surface area contributed by atoms with Gasteiger partial charge in [0.25, 0.3) is 0 Å². The van der Waals surface area contributed by atoms with Crippen LogP contribution in [0, 0.1) is 0 Å². The van der Waals surface area contributed by atoms with E-state index in [1.807, 2.05) is 6.07 Å². The summed E-state index contributed by atoms with van der Waals surface area (Å²) in [7, 11) is 0. The summed E-state index contributed by atoms with van der Waals surface area (Å²) in [6, 6.07) is 12.2. The smallest absolute Gasteiger partial charge is 0.143 e. The quantitative estimate of drug-likeness (QED) is 0.717. The molecule has 0 aliphatic heterocycles. The molecule has 0 bridgehead atoms. The molecule has 0 amide bonds. The zero-order valence-electron chi connectivity index (χ0n) is 8.71. The molecule has 17 heavy (non-hydrogen) atoms. The van der Waals surface area contributed by atoms with Gasteiger partial charge in [0.05, 0.1) is 0 Å². The van der Waals surface area contributed by atoms with E-state index in [4.69, 9.17) is 11.6 Å². The van der Waals surface area contributed by atoms with Crippen molar-refractivity contribution < 1.29 is 5.11 Å². The van der Waals surface area contributed by atoms with Crippen LogP contribution in [0.1, 0.15) is 0 Å². The predicted molar refractivity (Wildman–Crippen MR) is 65.5 cm³/mol. The highest BCUT2D eigenvalue weighted by Gasteiger charge is 2.07. The summed E-state index contributed by atoms with van der Waals surface area (Å²) in [6.07, 6.45) is 0. The van der Waals surface area contributed by atoms with Crippen LogP contribution >= 0.6 is 11.6 Å². The van der Waals surface area contributed by atoms with Gasteiger partial charge in [0.1, 0.15) is 22.5 Å². The van der Waals surface area contributed by atoms with Crippen molar-refractivity contribution in [3.05, 3.63) is 47.5 Å². The molecule has 84 valence electrons. The first-order valence-corrected chi connectivity index (χ1v) is 5.43. The van der Waals surface area contributed by atoms with Crippen LogP contribution in [0.15, 0.2) is 42.5 Å². The largest absolute Gasteiger partial charge is 0.506 e. The van der Waals surface area contributed by atoms with Gasteiger partial charge in [-0.1, -0.05) is 23.7 Å². The molecular weight excluding hydrogens is 238 g/mol. The van der Waals surface area contributed by atoms with Crippen LogP contribution in [0.3, 0.4) is 0 Å². The molecule has 3 aromatic rings. The highest BCUT2D eigenvalue weighted by molar-refractivity contribution is 6.31. The van der Waals surface area contributed by atoms with Crippen molar-refractivity contribution in [3.8, 4) is 11.4 Å². The van der Waals surface area contributed by atoms with Crippen molar-refractivity contribution in [2.24, 2.45) is 0 Å². The van der Waals surface area contributed by atoms with E-state index >= 15 is 0 Å². The fourth-order valence-corrected chi connectivity index (χ4v) is 1.80. The van der Waals surface area contributed by atoms with E-state index in [0.717, 1.165) is 5.52 Å². The Labute approximate surface area is 102 Å². The van der Waals surface area contributed by atoms with E-state index in [-0.39, 0.29) is 5.75 Å².